The summed E-state index contributed by atoms with van der Waals surface area (Å²) in [7, 11) is 0. The van der Waals surface area contributed by atoms with E-state index in [-0.39, 0.29) is 12.8 Å². The summed E-state index contributed by atoms with van der Waals surface area (Å²) in [6.07, 6.45) is 13.4. The SMILES string of the molecule is CCCCCCCC=Cc1ccc(C2CCC(F)(F)CC2)cc1. The zero-order valence-electron chi connectivity index (χ0n) is 14.4. The van der Waals surface area contributed by atoms with Crippen LogP contribution in [0.3, 0.4) is 0 Å². The Bertz CT molecular complexity index is 463. The maximum Gasteiger partial charge on any atom is 0.248 e. The third kappa shape index (κ3) is 6.45. The first kappa shape index (κ1) is 18.2. The molecule has 1 aliphatic rings. The van der Waals surface area contributed by atoms with Crippen molar-refractivity contribution in [2.45, 2.75) is 83.0 Å². The van der Waals surface area contributed by atoms with Crippen molar-refractivity contribution in [1.82, 2.24) is 0 Å². The van der Waals surface area contributed by atoms with E-state index in [1.807, 2.05) is 0 Å². The quantitative estimate of drug-likeness (QED) is 0.439. The Balaban J connectivity index is 1.74. The second-order valence-electron chi connectivity index (χ2n) is 6.90. The van der Waals surface area contributed by atoms with E-state index in [4.69, 9.17) is 0 Å². The number of benzene rings is 1. The van der Waals surface area contributed by atoms with Crippen molar-refractivity contribution in [3.8, 4) is 0 Å². The molecule has 0 radical (unpaired) electrons. The summed E-state index contributed by atoms with van der Waals surface area (Å²) in [4.78, 5) is 0. The molecule has 0 heterocycles. The molecule has 1 aliphatic carbocycles. The van der Waals surface area contributed by atoms with Gasteiger partial charge in [0.05, 0.1) is 0 Å². The Labute approximate surface area is 140 Å². The minimum Gasteiger partial charge on any atom is -0.207 e. The van der Waals surface area contributed by atoms with Crippen LogP contribution in [0.1, 0.15) is 88.2 Å². The van der Waals surface area contributed by atoms with Gasteiger partial charge in [-0.1, -0.05) is 69.0 Å². The maximum atomic E-state index is 13.2. The lowest BCUT2D eigenvalue weighted by atomic mass is 9.82. The monoisotopic (exact) mass is 320 g/mol. The van der Waals surface area contributed by atoms with Gasteiger partial charge in [0.2, 0.25) is 5.92 Å². The Kier molecular flexibility index (Phi) is 7.26. The van der Waals surface area contributed by atoms with E-state index in [1.54, 1.807) is 0 Å². The van der Waals surface area contributed by atoms with Gasteiger partial charge in [0.25, 0.3) is 0 Å². The summed E-state index contributed by atoms with van der Waals surface area (Å²) in [6.45, 7) is 2.24. The summed E-state index contributed by atoms with van der Waals surface area (Å²) < 4.78 is 26.4. The number of hydrogen-bond donors (Lipinski definition) is 0. The van der Waals surface area contributed by atoms with Gasteiger partial charge < -0.3 is 0 Å². The van der Waals surface area contributed by atoms with Gasteiger partial charge in [-0.15, -0.1) is 0 Å². The fourth-order valence-corrected chi connectivity index (χ4v) is 3.34. The van der Waals surface area contributed by atoms with E-state index < -0.39 is 5.92 Å². The standard InChI is InChI=1S/C21H30F2/c1-2-3-4-5-6-7-8-9-18-10-12-19(13-11-18)20-14-16-21(22,23)17-15-20/h8-13,20H,2-7,14-17H2,1H3. The van der Waals surface area contributed by atoms with Crippen molar-refractivity contribution in [3.05, 3.63) is 41.5 Å². The fraction of sp³-hybridized carbons (Fsp3) is 0.619. The first-order valence-corrected chi connectivity index (χ1v) is 9.25. The number of hydrogen-bond acceptors (Lipinski definition) is 0. The number of rotatable bonds is 8. The summed E-state index contributed by atoms with van der Waals surface area (Å²) in [6, 6.07) is 8.48. The average Bonchev–Trinajstić information content (AvgIpc) is 2.55. The first-order chi connectivity index (χ1) is 11.1. The van der Waals surface area contributed by atoms with Gasteiger partial charge in [0.15, 0.2) is 0 Å². The van der Waals surface area contributed by atoms with Crippen molar-refractivity contribution in [2.24, 2.45) is 0 Å². The van der Waals surface area contributed by atoms with Crippen molar-refractivity contribution in [1.29, 1.82) is 0 Å². The summed E-state index contributed by atoms with van der Waals surface area (Å²) >= 11 is 0. The van der Waals surface area contributed by atoms with Crippen LogP contribution in [0.15, 0.2) is 30.3 Å². The minimum atomic E-state index is -2.43. The van der Waals surface area contributed by atoms with Crippen LogP contribution in [0.5, 0.6) is 0 Å². The molecule has 0 saturated heterocycles. The molecule has 1 fully saturated rings. The van der Waals surface area contributed by atoms with Crippen LogP contribution in [0.2, 0.25) is 0 Å². The number of unbranched alkanes of at least 4 members (excludes halogenated alkanes) is 5. The first-order valence-electron chi connectivity index (χ1n) is 9.25. The van der Waals surface area contributed by atoms with E-state index in [9.17, 15) is 8.78 Å². The molecule has 23 heavy (non-hydrogen) atoms. The molecule has 0 amide bonds. The Morgan fingerprint density at radius 1 is 1.00 bits per heavy atom. The Morgan fingerprint density at radius 2 is 1.65 bits per heavy atom. The fourth-order valence-electron chi connectivity index (χ4n) is 3.34. The van der Waals surface area contributed by atoms with Gasteiger partial charge >= 0.3 is 0 Å². The van der Waals surface area contributed by atoms with Gasteiger partial charge in [-0.05, 0) is 42.7 Å². The van der Waals surface area contributed by atoms with Crippen LogP contribution < -0.4 is 0 Å². The zero-order chi connectivity index (χ0) is 16.5. The largest absolute Gasteiger partial charge is 0.248 e. The molecule has 1 saturated carbocycles. The zero-order valence-corrected chi connectivity index (χ0v) is 14.4. The number of halogens is 2. The third-order valence-corrected chi connectivity index (χ3v) is 4.91. The third-order valence-electron chi connectivity index (χ3n) is 4.91. The number of allylic oxidation sites excluding steroid dienone is 1. The highest BCUT2D eigenvalue weighted by Gasteiger charge is 2.35. The van der Waals surface area contributed by atoms with E-state index in [2.05, 4.69) is 43.3 Å². The van der Waals surface area contributed by atoms with Crippen molar-refractivity contribution >= 4 is 6.08 Å². The van der Waals surface area contributed by atoms with Crippen molar-refractivity contribution in [2.75, 3.05) is 0 Å². The molecule has 0 N–H and O–H groups in total. The molecule has 0 atom stereocenters. The molecule has 0 aliphatic heterocycles. The lowest BCUT2D eigenvalue weighted by molar-refractivity contribution is -0.0382. The van der Waals surface area contributed by atoms with E-state index in [1.165, 1.54) is 43.2 Å². The van der Waals surface area contributed by atoms with Crippen LogP contribution in [0, 0.1) is 0 Å². The van der Waals surface area contributed by atoms with Crippen LogP contribution in [0.25, 0.3) is 6.08 Å². The molecule has 0 nitrogen and oxygen atoms in total. The van der Waals surface area contributed by atoms with Gasteiger partial charge in [-0.3, -0.25) is 0 Å². The highest BCUT2D eigenvalue weighted by molar-refractivity contribution is 5.49. The molecule has 128 valence electrons. The van der Waals surface area contributed by atoms with Crippen LogP contribution >= 0.6 is 0 Å². The predicted octanol–water partition coefficient (Wildman–Crippen LogP) is 7.35. The molecule has 1 aromatic carbocycles. The molecule has 1 aromatic rings. The Morgan fingerprint density at radius 3 is 2.30 bits per heavy atom. The van der Waals surface area contributed by atoms with Crippen molar-refractivity contribution < 1.29 is 8.78 Å². The summed E-state index contributed by atoms with van der Waals surface area (Å²) in [5, 5.41) is 0. The maximum absolute atomic E-state index is 13.2. The molecule has 0 bridgehead atoms. The molecule has 0 unspecified atom stereocenters. The topological polar surface area (TPSA) is 0 Å². The second-order valence-corrected chi connectivity index (χ2v) is 6.90. The van der Waals surface area contributed by atoms with E-state index in [0.29, 0.717) is 18.8 Å². The lowest BCUT2D eigenvalue weighted by Gasteiger charge is -2.28. The minimum absolute atomic E-state index is 0.0390. The van der Waals surface area contributed by atoms with Crippen LogP contribution in [-0.2, 0) is 0 Å². The number of alkyl halides is 2. The van der Waals surface area contributed by atoms with Crippen LogP contribution in [-0.4, -0.2) is 5.92 Å². The molecular weight excluding hydrogens is 290 g/mol. The van der Waals surface area contributed by atoms with E-state index in [0.717, 1.165) is 6.42 Å². The van der Waals surface area contributed by atoms with Gasteiger partial charge in [-0.25, -0.2) is 8.78 Å². The molecule has 0 spiro atoms. The normalized spacial score (nSPS) is 18.6. The van der Waals surface area contributed by atoms with Gasteiger partial charge in [0.1, 0.15) is 0 Å². The molecule has 2 rings (SSSR count). The highest BCUT2D eigenvalue weighted by Crippen LogP contribution is 2.40. The predicted molar refractivity (Wildman–Crippen MR) is 95.0 cm³/mol. The van der Waals surface area contributed by atoms with Crippen molar-refractivity contribution in [3.63, 3.8) is 0 Å². The van der Waals surface area contributed by atoms with E-state index >= 15 is 0 Å². The van der Waals surface area contributed by atoms with Crippen LogP contribution in [0.4, 0.5) is 8.78 Å². The Hall–Kier alpha value is -1.18. The molecule has 0 aromatic heterocycles. The van der Waals surface area contributed by atoms with Gasteiger partial charge in [0, 0.05) is 12.8 Å². The molecular formula is C21H30F2. The second kappa shape index (κ2) is 9.20. The summed E-state index contributed by atoms with van der Waals surface area (Å²) in [5.41, 5.74) is 2.43. The average molecular weight is 320 g/mol. The lowest BCUT2D eigenvalue weighted by Crippen LogP contribution is -2.23. The molecule has 2 heteroatoms. The van der Waals surface area contributed by atoms with Gasteiger partial charge in [-0.2, -0.15) is 0 Å². The highest BCUT2D eigenvalue weighted by atomic mass is 19.3. The summed E-state index contributed by atoms with van der Waals surface area (Å²) in [5.74, 6) is -2.12. The smallest absolute Gasteiger partial charge is 0.207 e.